The van der Waals surface area contributed by atoms with Crippen molar-refractivity contribution in [2.24, 2.45) is 0 Å². The molecule has 1 saturated heterocycles. The number of amides is 2. The van der Waals surface area contributed by atoms with Gasteiger partial charge in [-0.05, 0) is 55.7 Å². The number of hydrogen-bond acceptors (Lipinski definition) is 4. The summed E-state index contributed by atoms with van der Waals surface area (Å²) in [4.78, 5) is 27.5. The van der Waals surface area contributed by atoms with Crippen LogP contribution in [-0.2, 0) is 10.0 Å². The maximum Gasteiger partial charge on any atom is 0.255 e. The highest BCUT2D eigenvalue weighted by molar-refractivity contribution is 7.92. The Labute approximate surface area is 183 Å². The highest BCUT2D eigenvalue weighted by atomic mass is 32.2. The first-order valence-corrected chi connectivity index (χ1v) is 12.0. The molecule has 2 aromatic carbocycles. The van der Waals surface area contributed by atoms with Gasteiger partial charge < -0.3 is 10.2 Å². The Kier molecular flexibility index (Phi) is 7.12. The molecule has 0 atom stereocenters. The Morgan fingerprint density at radius 2 is 1.71 bits per heavy atom. The summed E-state index contributed by atoms with van der Waals surface area (Å²) in [7, 11) is -3.47. The molecule has 1 heterocycles. The van der Waals surface area contributed by atoms with Gasteiger partial charge in [-0.25, -0.2) is 8.42 Å². The maximum absolute atomic E-state index is 12.9. The van der Waals surface area contributed by atoms with E-state index < -0.39 is 10.0 Å². The van der Waals surface area contributed by atoms with Crippen LogP contribution in [0, 0.1) is 0 Å². The third-order valence-corrected chi connectivity index (χ3v) is 6.32. The number of nitrogens with one attached hydrogen (secondary N) is 1. The van der Waals surface area contributed by atoms with Crippen molar-refractivity contribution < 1.29 is 18.0 Å². The molecule has 3 rings (SSSR count). The Balaban J connectivity index is 1.78. The summed E-state index contributed by atoms with van der Waals surface area (Å²) in [5.41, 5.74) is 1.72. The van der Waals surface area contributed by atoms with Crippen molar-refractivity contribution in [3.8, 4) is 0 Å². The van der Waals surface area contributed by atoms with Crippen LogP contribution >= 0.6 is 0 Å². The van der Waals surface area contributed by atoms with Gasteiger partial charge in [0.2, 0.25) is 10.0 Å². The third kappa shape index (κ3) is 5.52. The smallest absolute Gasteiger partial charge is 0.255 e. The number of nitrogens with zero attached hydrogens (tertiary/aromatic N) is 2. The lowest BCUT2D eigenvalue weighted by molar-refractivity contribution is 0.0725. The summed E-state index contributed by atoms with van der Waals surface area (Å²) in [5, 5.41) is 2.82. The molecule has 0 spiro atoms. The van der Waals surface area contributed by atoms with Crippen LogP contribution in [0.4, 0.5) is 11.4 Å². The Bertz CT molecular complexity index is 1060. The van der Waals surface area contributed by atoms with E-state index in [1.165, 1.54) is 10.4 Å². The summed E-state index contributed by atoms with van der Waals surface area (Å²) >= 11 is 0. The number of carbonyl (C=O) groups excluding carboxylic acids is 2. The molecule has 1 aliphatic rings. The second kappa shape index (κ2) is 9.78. The van der Waals surface area contributed by atoms with E-state index in [-0.39, 0.29) is 18.4 Å². The average molecular weight is 442 g/mol. The number of benzene rings is 2. The molecule has 1 aliphatic heterocycles. The van der Waals surface area contributed by atoms with E-state index in [2.05, 4.69) is 11.9 Å². The maximum atomic E-state index is 12.9. The summed E-state index contributed by atoms with van der Waals surface area (Å²) in [6.07, 6.45) is 5.72. The van der Waals surface area contributed by atoms with Crippen molar-refractivity contribution in [3.63, 3.8) is 0 Å². The summed E-state index contributed by atoms with van der Waals surface area (Å²) < 4.78 is 25.2. The van der Waals surface area contributed by atoms with E-state index in [9.17, 15) is 18.0 Å². The number of likely N-dealkylation sites (tertiary alicyclic amines) is 1. The van der Waals surface area contributed by atoms with Crippen molar-refractivity contribution in [2.75, 3.05) is 35.5 Å². The SMILES string of the molecule is C=CCN(c1ccc(C(=O)Nc2ccccc2C(=O)N2CCCCC2)cc1)S(C)(=O)=O. The molecule has 2 amide bonds. The van der Waals surface area contributed by atoms with Crippen molar-refractivity contribution in [1.29, 1.82) is 0 Å². The topological polar surface area (TPSA) is 86.8 Å². The normalized spacial score (nSPS) is 14.0. The lowest BCUT2D eigenvalue weighted by Crippen LogP contribution is -2.36. The van der Waals surface area contributed by atoms with Gasteiger partial charge in [0.15, 0.2) is 0 Å². The molecule has 31 heavy (non-hydrogen) atoms. The minimum absolute atomic E-state index is 0.0841. The largest absolute Gasteiger partial charge is 0.339 e. The van der Waals surface area contributed by atoms with Gasteiger partial charge in [-0.3, -0.25) is 13.9 Å². The molecule has 0 aliphatic carbocycles. The zero-order valence-electron chi connectivity index (χ0n) is 17.6. The van der Waals surface area contributed by atoms with Crippen LogP contribution in [0.25, 0.3) is 0 Å². The zero-order chi connectivity index (χ0) is 22.4. The van der Waals surface area contributed by atoms with Gasteiger partial charge in [0.25, 0.3) is 11.8 Å². The number of sulfonamides is 1. The fraction of sp³-hybridized carbons (Fsp3) is 0.304. The van der Waals surface area contributed by atoms with Gasteiger partial charge in [0, 0.05) is 18.7 Å². The van der Waals surface area contributed by atoms with Crippen LogP contribution in [0.1, 0.15) is 40.0 Å². The predicted molar refractivity (Wildman–Crippen MR) is 123 cm³/mol. The van der Waals surface area contributed by atoms with E-state index in [1.807, 2.05) is 4.90 Å². The summed E-state index contributed by atoms with van der Waals surface area (Å²) in [6, 6.07) is 13.2. The number of piperidine rings is 1. The highest BCUT2D eigenvalue weighted by Gasteiger charge is 2.22. The fourth-order valence-corrected chi connectivity index (χ4v) is 4.45. The lowest BCUT2D eigenvalue weighted by Gasteiger charge is -2.27. The second-order valence-electron chi connectivity index (χ2n) is 7.48. The quantitative estimate of drug-likeness (QED) is 0.666. The van der Waals surface area contributed by atoms with Gasteiger partial charge in [0.1, 0.15) is 0 Å². The molecule has 0 radical (unpaired) electrons. The van der Waals surface area contributed by atoms with Crippen LogP contribution in [0.2, 0.25) is 0 Å². The van der Waals surface area contributed by atoms with Crippen LogP contribution in [0.5, 0.6) is 0 Å². The minimum Gasteiger partial charge on any atom is -0.339 e. The fourth-order valence-electron chi connectivity index (χ4n) is 3.57. The molecule has 8 heteroatoms. The van der Waals surface area contributed by atoms with Crippen LogP contribution < -0.4 is 9.62 Å². The van der Waals surface area contributed by atoms with Crippen LogP contribution in [-0.4, -0.2) is 51.0 Å². The number of hydrogen-bond donors (Lipinski definition) is 1. The molecule has 164 valence electrons. The molecular weight excluding hydrogens is 414 g/mol. The first-order chi connectivity index (χ1) is 14.8. The summed E-state index contributed by atoms with van der Waals surface area (Å²) in [5.74, 6) is -0.459. The zero-order valence-corrected chi connectivity index (χ0v) is 18.4. The minimum atomic E-state index is -3.47. The van der Waals surface area contributed by atoms with Gasteiger partial charge in [-0.15, -0.1) is 6.58 Å². The standard InChI is InChI=1S/C23H27N3O4S/c1-3-15-26(31(2,29)30)19-13-11-18(12-14-19)22(27)24-21-10-6-5-9-20(21)23(28)25-16-7-4-8-17-25/h3,5-6,9-14H,1,4,7-8,15-17H2,2H3,(H,24,27). The molecule has 2 aromatic rings. The van der Waals surface area contributed by atoms with E-state index >= 15 is 0 Å². The molecular formula is C23H27N3O4S. The van der Waals surface area contributed by atoms with Crippen molar-refractivity contribution in [1.82, 2.24) is 4.90 Å². The molecule has 1 fully saturated rings. The lowest BCUT2D eigenvalue weighted by atomic mass is 10.1. The molecule has 0 unspecified atom stereocenters. The Morgan fingerprint density at radius 1 is 1.06 bits per heavy atom. The van der Waals surface area contributed by atoms with Crippen LogP contribution in [0.15, 0.2) is 61.2 Å². The Morgan fingerprint density at radius 3 is 2.32 bits per heavy atom. The first kappa shape index (κ1) is 22.6. The molecule has 0 saturated carbocycles. The number of carbonyl (C=O) groups is 2. The molecule has 0 aromatic heterocycles. The highest BCUT2D eigenvalue weighted by Crippen LogP contribution is 2.22. The van der Waals surface area contributed by atoms with Crippen molar-refractivity contribution in [3.05, 3.63) is 72.3 Å². The average Bonchev–Trinajstić information content (AvgIpc) is 2.77. The summed E-state index contributed by atoms with van der Waals surface area (Å²) in [6.45, 7) is 5.17. The van der Waals surface area contributed by atoms with Gasteiger partial charge in [-0.1, -0.05) is 18.2 Å². The molecule has 0 bridgehead atoms. The van der Waals surface area contributed by atoms with E-state index in [1.54, 1.807) is 48.5 Å². The third-order valence-electron chi connectivity index (χ3n) is 5.16. The first-order valence-electron chi connectivity index (χ1n) is 10.2. The van der Waals surface area contributed by atoms with Crippen molar-refractivity contribution >= 4 is 33.2 Å². The van der Waals surface area contributed by atoms with Gasteiger partial charge in [-0.2, -0.15) is 0 Å². The van der Waals surface area contributed by atoms with E-state index in [4.69, 9.17) is 0 Å². The van der Waals surface area contributed by atoms with Crippen LogP contribution in [0.3, 0.4) is 0 Å². The second-order valence-corrected chi connectivity index (χ2v) is 9.39. The monoisotopic (exact) mass is 441 g/mol. The van der Waals surface area contributed by atoms with Crippen molar-refractivity contribution in [2.45, 2.75) is 19.3 Å². The van der Waals surface area contributed by atoms with E-state index in [0.717, 1.165) is 38.6 Å². The molecule has 7 nitrogen and oxygen atoms in total. The number of rotatable bonds is 7. The number of anilines is 2. The predicted octanol–water partition coefficient (Wildman–Crippen LogP) is 3.52. The Hall–Kier alpha value is -3.13. The molecule has 1 N–H and O–H groups in total. The van der Waals surface area contributed by atoms with Gasteiger partial charge in [0.05, 0.1) is 29.7 Å². The van der Waals surface area contributed by atoms with E-state index in [0.29, 0.717) is 22.5 Å². The van der Waals surface area contributed by atoms with Gasteiger partial charge >= 0.3 is 0 Å². The number of para-hydroxylation sites is 1.